The van der Waals surface area contributed by atoms with E-state index in [9.17, 15) is 13.2 Å². The Bertz CT molecular complexity index is 1240. The fourth-order valence-electron chi connectivity index (χ4n) is 2.88. The first-order valence-electron chi connectivity index (χ1n) is 9.96. The summed E-state index contributed by atoms with van der Waals surface area (Å²) >= 11 is 0. The van der Waals surface area contributed by atoms with Crippen LogP contribution >= 0.6 is 0 Å². The molecule has 0 atom stereocenters. The highest BCUT2D eigenvalue weighted by molar-refractivity contribution is 7.87. The van der Waals surface area contributed by atoms with Crippen LogP contribution in [0.5, 0.6) is 11.5 Å². The highest BCUT2D eigenvalue weighted by Crippen LogP contribution is 2.20. The quantitative estimate of drug-likeness (QED) is 0.235. The molecule has 0 aromatic heterocycles. The lowest BCUT2D eigenvalue weighted by molar-refractivity contribution is -0.120. The molecule has 0 bridgehead atoms. The minimum Gasteiger partial charge on any atom is -0.497 e. The van der Waals surface area contributed by atoms with Gasteiger partial charge in [-0.3, -0.25) is 4.79 Å². The number of ether oxygens (including phenoxy) is 2. The molecule has 0 unspecified atom stereocenters. The predicted octanol–water partition coefficient (Wildman–Crippen LogP) is 3.44. The molecule has 33 heavy (non-hydrogen) atoms. The van der Waals surface area contributed by atoms with Crippen molar-refractivity contribution < 1.29 is 26.9 Å². The van der Waals surface area contributed by atoms with Gasteiger partial charge in [0.15, 0.2) is 0 Å². The van der Waals surface area contributed by atoms with Crippen molar-refractivity contribution in [2.75, 3.05) is 14.2 Å². The normalized spacial score (nSPS) is 11.5. The Hall–Kier alpha value is -3.85. The summed E-state index contributed by atoms with van der Waals surface area (Å²) in [7, 11) is -0.978. The average Bonchev–Trinajstić information content (AvgIpc) is 2.80. The van der Waals surface area contributed by atoms with Crippen LogP contribution in [0.1, 0.15) is 16.7 Å². The second-order valence-electron chi connectivity index (χ2n) is 7.06. The van der Waals surface area contributed by atoms with E-state index in [1.807, 2.05) is 13.0 Å². The Balaban J connectivity index is 1.65. The molecular weight excluding hydrogens is 444 g/mol. The van der Waals surface area contributed by atoms with Crippen molar-refractivity contribution in [2.24, 2.45) is 5.10 Å². The van der Waals surface area contributed by atoms with Crippen LogP contribution in [0.2, 0.25) is 0 Å². The van der Waals surface area contributed by atoms with Crippen molar-refractivity contribution >= 4 is 21.9 Å². The molecular formula is C24H24N2O6S. The number of hydrogen-bond donors (Lipinski definition) is 1. The van der Waals surface area contributed by atoms with Crippen LogP contribution in [0.15, 0.2) is 82.8 Å². The minimum absolute atomic E-state index is 0.0649. The Morgan fingerprint density at radius 2 is 1.64 bits per heavy atom. The van der Waals surface area contributed by atoms with E-state index < -0.39 is 10.1 Å². The van der Waals surface area contributed by atoms with Gasteiger partial charge in [0.1, 0.15) is 16.4 Å². The summed E-state index contributed by atoms with van der Waals surface area (Å²) in [6.07, 6.45) is 0.112. The number of benzene rings is 3. The van der Waals surface area contributed by atoms with E-state index in [-0.39, 0.29) is 28.9 Å². The van der Waals surface area contributed by atoms with Gasteiger partial charge in [0, 0.05) is 5.56 Å². The standard InChI is InChI=1S/C24H24N2O6S/c1-17-7-13-22(14-8-17)33(28,29)32-20-11-9-19(10-12-20)24(31-3)26-25-23(27)16-18-5-4-6-21(15-18)30-2/h4-15H,16H2,1-3H3,(H,25,27)/b26-24+. The Kier molecular flexibility index (Phi) is 7.68. The van der Waals surface area contributed by atoms with Crippen molar-refractivity contribution in [2.45, 2.75) is 18.2 Å². The number of aryl methyl sites for hydroxylation is 1. The highest BCUT2D eigenvalue weighted by Gasteiger charge is 2.16. The smallest absolute Gasteiger partial charge is 0.339 e. The second-order valence-corrected chi connectivity index (χ2v) is 8.61. The molecule has 0 aliphatic heterocycles. The first-order valence-corrected chi connectivity index (χ1v) is 11.4. The van der Waals surface area contributed by atoms with Gasteiger partial charge in [-0.2, -0.15) is 8.42 Å². The molecule has 0 aliphatic carbocycles. The summed E-state index contributed by atoms with van der Waals surface area (Å²) in [5, 5.41) is 4.02. The summed E-state index contributed by atoms with van der Waals surface area (Å²) in [5.41, 5.74) is 4.70. The van der Waals surface area contributed by atoms with Gasteiger partial charge in [-0.15, -0.1) is 5.10 Å². The lowest BCUT2D eigenvalue weighted by Gasteiger charge is -2.09. The predicted molar refractivity (Wildman–Crippen MR) is 124 cm³/mol. The van der Waals surface area contributed by atoms with Crippen LogP contribution in [0.4, 0.5) is 0 Å². The molecule has 3 rings (SSSR count). The molecule has 0 radical (unpaired) electrons. The van der Waals surface area contributed by atoms with Crippen molar-refractivity contribution in [3.63, 3.8) is 0 Å². The van der Waals surface area contributed by atoms with Gasteiger partial charge in [0.25, 0.3) is 0 Å². The van der Waals surface area contributed by atoms with E-state index in [2.05, 4.69) is 10.5 Å². The third-order valence-corrected chi connectivity index (χ3v) is 5.85. The number of hydrogen-bond acceptors (Lipinski definition) is 7. The zero-order chi connectivity index (χ0) is 23.8. The Labute approximate surface area is 192 Å². The molecule has 1 N–H and O–H groups in total. The minimum atomic E-state index is -3.95. The maximum atomic E-state index is 12.4. The lowest BCUT2D eigenvalue weighted by Crippen LogP contribution is -2.22. The number of methoxy groups -OCH3 is 2. The van der Waals surface area contributed by atoms with Crippen LogP contribution in [-0.4, -0.2) is 34.4 Å². The van der Waals surface area contributed by atoms with Crippen LogP contribution in [0.25, 0.3) is 0 Å². The number of carbonyl (C=O) groups is 1. The molecule has 9 heteroatoms. The first-order chi connectivity index (χ1) is 15.8. The van der Waals surface area contributed by atoms with Crippen LogP contribution in [0.3, 0.4) is 0 Å². The topological polar surface area (TPSA) is 103 Å². The number of amides is 1. The third-order valence-electron chi connectivity index (χ3n) is 4.59. The maximum absolute atomic E-state index is 12.4. The summed E-state index contributed by atoms with van der Waals surface area (Å²) in [4.78, 5) is 12.3. The fourth-order valence-corrected chi connectivity index (χ4v) is 3.81. The van der Waals surface area contributed by atoms with Gasteiger partial charge < -0.3 is 13.7 Å². The van der Waals surface area contributed by atoms with E-state index in [1.165, 1.54) is 31.4 Å². The molecule has 1 amide bonds. The van der Waals surface area contributed by atoms with E-state index in [0.717, 1.165) is 11.1 Å². The fraction of sp³-hybridized carbons (Fsp3) is 0.167. The maximum Gasteiger partial charge on any atom is 0.339 e. The summed E-state index contributed by atoms with van der Waals surface area (Å²) in [6.45, 7) is 1.87. The van der Waals surface area contributed by atoms with E-state index in [1.54, 1.807) is 49.6 Å². The largest absolute Gasteiger partial charge is 0.497 e. The van der Waals surface area contributed by atoms with Gasteiger partial charge in [-0.1, -0.05) is 29.8 Å². The van der Waals surface area contributed by atoms with E-state index in [0.29, 0.717) is 11.3 Å². The molecule has 0 saturated heterocycles. The number of carbonyl (C=O) groups excluding carboxylic acids is 1. The Morgan fingerprint density at radius 3 is 2.27 bits per heavy atom. The molecule has 3 aromatic carbocycles. The van der Waals surface area contributed by atoms with Gasteiger partial charge in [-0.25, -0.2) is 5.43 Å². The summed E-state index contributed by atoms with van der Waals surface area (Å²) < 4.78 is 40.5. The molecule has 0 fully saturated rings. The average molecular weight is 469 g/mol. The number of rotatable bonds is 8. The lowest BCUT2D eigenvalue weighted by atomic mass is 10.1. The number of nitrogens with zero attached hydrogens (tertiary/aromatic N) is 1. The van der Waals surface area contributed by atoms with Crippen LogP contribution < -0.4 is 14.3 Å². The molecule has 8 nitrogen and oxygen atoms in total. The second kappa shape index (κ2) is 10.6. The molecule has 0 spiro atoms. The van der Waals surface area contributed by atoms with Crippen molar-refractivity contribution in [1.82, 2.24) is 5.43 Å². The number of hydrazone groups is 1. The molecule has 0 aliphatic rings. The zero-order valence-corrected chi connectivity index (χ0v) is 19.3. The van der Waals surface area contributed by atoms with Gasteiger partial charge >= 0.3 is 10.1 Å². The van der Waals surface area contributed by atoms with Gasteiger partial charge in [-0.05, 0) is 61.0 Å². The van der Waals surface area contributed by atoms with Crippen LogP contribution in [-0.2, 0) is 26.1 Å². The SMILES string of the molecule is CO/C(=N/NC(=O)Cc1cccc(OC)c1)c1ccc(OS(=O)(=O)c2ccc(C)cc2)cc1. The molecule has 0 saturated carbocycles. The van der Waals surface area contributed by atoms with Crippen molar-refractivity contribution in [1.29, 1.82) is 0 Å². The third kappa shape index (κ3) is 6.56. The van der Waals surface area contributed by atoms with Gasteiger partial charge in [0.05, 0.1) is 20.6 Å². The Morgan fingerprint density at radius 1 is 0.939 bits per heavy atom. The zero-order valence-electron chi connectivity index (χ0n) is 18.4. The van der Waals surface area contributed by atoms with Crippen molar-refractivity contribution in [3.8, 4) is 11.5 Å². The first kappa shape index (κ1) is 23.8. The summed E-state index contributed by atoms with van der Waals surface area (Å²) in [5.74, 6) is 0.619. The molecule has 0 heterocycles. The molecule has 3 aromatic rings. The highest BCUT2D eigenvalue weighted by atomic mass is 32.2. The van der Waals surface area contributed by atoms with Gasteiger partial charge in [0.2, 0.25) is 11.8 Å². The van der Waals surface area contributed by atoms with E-state index in [4.69, 9.17) is 13.7 Å². The summed E-state index contributed by atoms with van der Waals surface area (Å²) in [6, 6.07) is 19.7. The van der Waals surface area contributed by atoms with Crippen molar-refractivity contribution in [3.05, 3.63) is 89.5 Å². The monoisotopic (exact) mass is 468 g/mol. The molecule has 172 valence electrons. The van der Waals surface area contributed by atoms with E-state index >= 15 is 0 Å². The number of nitrogens with one attached hydrogen (secondary N) is 1. The van der Waals surface area contributed by atoms with Crippen LogP contribution in [0, 0.1) is 6.92 Å².